The normalized spacial score (nSPS) is 16.3. The Morgan fingerprint density at radius 1 is 0.743 bits per heavy atom. The summed E-state index contributed by atoms with van der Waals surface area (Å²) in [6.07, 6.45) is 0. The molecule has 35 heavy (non-hydrogen) atoms. The highest BCUT2D eigenvalue weighted by Gasteiger charge is 2.65. The fourth-order valence-electron chi connectivity index (χ4n) is 4.30. The number of hydrogen-bond donors (Lipinski definition) is 0. The lowest BCUT2D eigenvalue weighted by atomic mass is 9.75. The molecule has 3 aromatic rings. The number of Topliss-reactive ketones (excluding diaryl/α,β-unsaturated/α-hetero) is 1. The average molecular weight is 472 g/mol. The zero-order valence-electron chi connectivity index (χ0n) is 19.5. The molecule has 0 saturated heterocycles. The number of carbonyl (C=O) groups is 3. The van der Waals surface area contributed by atoms with E-state index in [-0.39, 0.29) is 17.1 Å². The monoisotopic (exact) mass is 472 g/mol. The summed E-state index contributed by atoms with van der Waals surface area (Å²) in [6.45, 7) is 0. The van der Waals surface area contributed by atoms with Gasteiger partial charge in [0.1, 0.15) is 11.5 Å². The zero-order valence-corrected chi connectivity index (χ0v) is 19.5. The van der Waals surface area contributed by atoms with Crippen molar-refractivity contribution in [2.45, 2.75) is 11.5 Å². The van der Waals surface area contributed by atoms with Crippen LogP contribution < -0.4 is 4.74 Å². The molecule has 1 heterocycles. The number of carbonyl (C=O) groups excluding carboxylic acids is 3. The van der Waals surface area contributed by atoms with E-state index in [1.165, 1.54) is 7.11 Å². The van der Waals surface area contributed by atoms with Crippen LogP contribution in [0.1, 0.15) is 27.4 Å². The van der Waals surface area contributed by atoms with Crippen LogP contribution in [-0.2, 0) is 23.8 Å². The minimum Gasteiger partial charge on any atom is -0.497 e. The van der Waals surface area contributed by atoms with E-state index in [9.17, 15) is 14.4 Å². The Balaban J connectivity index is 2.05. The smallest absolute Gasteiger partial charge is 0.363 e. The van der Waals surface area contributed by atoms with Crippen LogP contribution in [0, 0.1) is 0 Å². The Hall–Kier alpha value is -4.39. The molecule has 7 heteroatoms. The quantitative estimate of drug-likeness (QED) is 0.289. The summed E-state index contributed by atoms with van der Waals surface area (Å²) in [5, 5.41) is 0. The van der Waals surface area contributed by atoms with Crippen molar-refractivity contribution in [1.29, 1.82) is 0 Å². The van der Waals surface area contributed by atoms with Gasteiger partial charge in [0, 0.05) is 11.1 Å². The van der Waals surface area contributed by atoms with E-state index in [1.807, 2.05) is 6.07 Å². The molecule has 3 aromatic carbocycles. The molecule has 0 fully saturated rings. The van der Waals surface area contributed by atoms with E-state index in [4.69, 9.17) is 18.9 Å². The Bertz CT molecular complexity index is 1250. The maximum Gasteiger partial charge on any atom is 0.363 e. The maximum absolute atomic E-state index is 14.0. The minimum absolute atomic E-state index is 0.107. The molecule has 0 saturated carbocycles. The van der Waals surface area contributed by atoms with Crippen molar-refractivity contribution >= 4 is 23.5 Å². The van der Waals surface area contributed by atoms with Crippen molar-refractivity contribution < 1.29 is 33.3 Å². The van der Waals surface area contributed by atoms with E-state index in [2.05, 4.69) is 0 Å². The molecule has 0 amide bonds. The van der Waals surface area contributed by atoms with Gasteiger partial charge in [0.2, 0.25) is 0 Å². The van der Waals surface area contributed by atoms with Gasteiger partial charge in [-0.15, -0.1) is 0 Å². The second-order valence-corrected chi connectivity index (χ2v) is 7.83. The Kier molecular flexibility index (Phi) is 6.68. The topological polar surface area (TPSA) is 88.1 Å². The molecule has 7 nitrogen and oxygen atoms in total. The third-order valence-electron chi connectivity index (χ3n) is 5.95. The lowest BCUT2D eigenvalue weighted by molar-refractivity contribution is -0.179. The van der Waals surface area contributed by atoms with E-state index in [0.717, 1.165) is 14.2 Å². The lowest BCUT2D eigenvalue weighted by Crippen LogP contribution is -2.53. The van der Waals surface area contributed by atoms with Crippen molar-refractivity contribution in [3.05, 3.63) is 107 Å². The predicted molar refractivity (Wildman–Crippen MR) is 128 cm³/mol. The summed E-state index contributed by atoms with van der Waals surface area (Å²) in [7, 11) is 3.83. The van der Waals surface area contributed by atoms with Gasteiger partial charge in [-0.25, -0.2) is 9.59 Å². The van der Waals surface area contributed by atoms with Crippen molar-refractivity contribution in [3.8, 4) is 5.75 Å². The fourth-order valence-corrected chi connectivity index (χ4v) is 4.30. The largest absolute Gasteiger partial charge is 0.497 e. The summed E-state index contributed by atoms with van der Waals surface area (Å²) in [4.78, 5) is 40.6. The number of esters is 2. The van der Waals surface area contributed by atoms with Crippen LogP contribution in [0.2, 0.25) is 0 Å². The van der Waals surface area contributed by atoms with Crippen molar-refractivity contribution in [3.63, 3.8) is 0 Å². The first-order valence-electron chi connectivity index (χ1n) is 10.9. The van der Waals surface area contributed by atoms with Gasteiger partial charge in [0.05, 0.1) is 32.8 Å². The Labute approximate surface area is 202 Å². The van der Waals surface area contributed by atoms with Gasteiger partial charge < -0.3 is 18.9 Å². The summed E-state index contributed by atoms with van der Waals surface area (Å²) >= 11 is 0. The molecule has 0 aromatic heterocycles. The van der Waals surface area contributed by atoms with Crippen molar-refractivity contribution in [2.24, 2.45) is 0 Å². The molecule has 1 aliphatic heterocycles. The summed E-state index contributed by atoms with van der Waals surface area (Å²) in [5.74, 6) is -2.83. The van der Waals surface area contributed by atoms with Crippen LogP contribution >= 0.6 is 0 Å². The van der Waals surface area contributed by atoms with Crippen LogP contribution in [0.4, 0.5) is 0 Å². The van der Waals surface area contributed by atoms with Gasteiger partial charge in [0.15, 0.2) is 5.78 Å². The standard InChI is InChI=1S/C28H24O7/c1-32-21-16-14-18(15-17-21)23-22(24(29)19-10-6-4-7-11-19)25(20-12-8-5-9-13-20)35-28(23,26(30)33-2)27(31)34-3/h4-17,23H,1-3H3. The number of rotatable bonds is 7. The zero-order chi connectivity index (χ0) is 25.0. The SMILES string of the molecule is COC(=O)C1(C(=O)OC)OC(c2ccccc2)=C(C(=O)c2ccccc2)C1c1ccc(OC)cc1. The molecule has 0 spiro atoms. The number of ketones is 1. The van der Waals surface area contributed by atoms with E-state index < -0.39 is 23.5 Å². The third kappa shape index (κ3) is 4.05. The van der Waals surface area contributed by atoms with Gasteiger partial charge in [-0.3, -0.25) is 4.79 Å². The molecule has 0 aliphatic carbocycles. The molecule has 4 rings (SSSR count). The number of methoxy groups -OCH3 is 3. The average Bonchev–Trinajstić information content (AvgIpc) is 3.30. The van der Waals surface area contributed by atoms with Crippen LogP contribution in [-0.4, -0.2) is 44.7 Å². The molecular formula is C28H24O7. The minimum atomic E-state index is -2.27. The molecule has 1 atom stereocenters. The van der Waals surface area contributed by atoms with Gasteiger partial charge in [-0.2, -0.15) is 0 Å². The highest BCUT2D eigenvalue weighted by molar-refractivity contribution is 6.19. The molecule has 1 aliphatic rings. The number of hydrogen-bond acceptors (Lipinski definition) is 7. The van der Waals surface area contributed by atoms with Crippen LogP contribution in [0.15, 0.2) is 90.5 Å². The first-order chi connectivity index (χ1) is 17.0. The predicted octanol–water partition coefficient (Wildman–Crippen LogP) is 4.19. The molecule has 178 valence electrons. The molecule has 0 bridgehead atoms. The van der Waals surface area contributed by atoms with E-state index in [1.54, 1.807) is 78.9 Å². The molecular weight excluding hydrogens is 448 g/mol. The highest BCUT2D eigenvalue weighted by atomic mass is 16.6. The lowest BCUT2D eigenvalue weighted by Gasteiger charge is -2.30. The van der Waals surface area contributed by atoms with Gasteiger partial charge >= 0.3 is 17.5 Å². The van der Waals surface area contributed by atoms with Gasteiger partial charge in [0.25, 0.3) is 0 Å². The molecule has 0 N–H and O–H groups in total. The van der Waals surface area contributed by atoms with E-state index in [0.29, 0.717) is 22.4 Å². The molecule has 1 unspecified atom stereocenters. The van der Waals surface area contributed by atoms with Crippen molar-refractivity contribution in [1.82, 2.24) is 0 Å². The molecule has 0 radical (unpaired) electrons. The Morgan fingerprint density at radius 2 is 1.29 bits per heavy atom. The van der Waals surface area contributed by atoms with Crippen LogP contribution in [0.25, 0.3) is 5.76 Å². The summed E-state index contributed by atoms with van der Waals surface area (Å²) in [6, 6.07) is 24.2. The number of ether oxygens (including phenoxy) is 4. The van der Waals surface area contributed by atoms with Gasteiger partial charge in [-0.05, 0) is 17.7 Å². The fraction of sp³-hybridized carbons (Fsp3) is 0.179. The first-order valence-corrected chi connectivity index (χ1v) is 10.9. The summed E-state index contributed by atoms with van der Waals surface area (Å²) in [5.41, 5.74) is -0.748. The second-order valence-electron chi connectivity index (χ2n) is 7.83. The van der Waals surface area contributed by atoms with Crippen LogP contribution in [0.3, 0.4) is 0 Å². The maximum atomic E-state index is 14.0. The van der Waals surface area contributed by atoms with Gasteiger partial charge in [-0.1, -0.05) is 72.8 Å². The summed E-state index contributed by atoms with van der Waals surface area (Å²) < 4.78 is 21.6. The third-order valence-corrected chi connectivity index (χ3v) is 5.95. The first kappa shape index (κ1) is 23.8. The van der Waals surface area contributed by atoms with Crippen LogP contribution in [0.5, 0.6) is 5.75 Å². The highest BCUT2D eigenvalue weighted by Crippen LogP contribution is 2.51. The Morgan fingerprint density at radius 3 is 1.80 bits per heavy atom. The number of benzene rings is 3. The van der Waals surface area contributed by atoms with E-state index >= 15 is 0 Å². The van der Waals surface area contributed by atoms with Crippen molar-refractivity contribution in [2.75, 3.05) is 21.3 Å². The second kappa shape index (κ2) is 9.85.